The Labute approximate surface area is 121 Å². The average Bonchev–Trinajstić information content (AvgIpc) is 2.38. The smallest absolute Gasteiger partial charge is 0.132 e. The fourth-order valence-electron chi connectivity index (χ4n) is 1.69. The quantitative estimate of drug-likeness (QED) is 0.856. The topological polar surface area (TPSA) is 50.7 Å². The van der Waals surface area contributed by atoms with Gasteiger partial charge in [0.2, 0.25) is 0 Å². The summed E-state index contributed by atoms with van der Waals surface area (Å²) in [6, 6.07) is 5.97. The van der Waals surface area contributed by atoms with Crippen molar-refractivity contribution in [3.8, 4) is 0 Å². The molecule has 0 saturated carbocycles. The molecule has 0 atom stereocenters. The zero-order valence-corrected chi connectivity index (χ0v) is 12.7. The van der Waals surface area contributed by atoms with E-state index in [1.54, 1.807) is 0 Å². The SMILES string of the molecule is CCCc1nc(Br)cc(NCc2ccc(C)nc2)n1. The Hall–Kier alpha value is -1.49. The molecule has 0 unspecified atom stereocenters. The summed E-state index contributed by atoms with van der Waals surface area (Å²) in [5.74, 6) is 1.70. The average molecular weight is 321 g/mol. The van der Waals surface area contributed by atoms with Crippen molar-refractivity contribution in [3.05, 3.63) is 46.1 Å². The van der Waals surface area contributed by atoms with Gasteiger partial charge in [0.1, 0.15) is 16.2 Å². The lowest BCUT2D eigenvalue weighted by Gasteiger charge is -2.08. The van der Waals surface area contributed by atoms with Crippen LogP contribution in [0.2, 0.25) is 0 Å². The number of pyridine rings is 1. The molecule has 5 heteroatoms. The van der Waals surface area contributed by atoms with Crippen molar-refractivity contribution < 1.29 is 0 Å². The molecule has 100 valence electrons. The van der Waals surface area contributed by atoms with Gasteiger partial charge in [0, 0.05) is 30.9 Å². The van der Waals surface area contributed by atoms with E-state index < -0.39 is 0 Å². The van der Waals surface area contributed by atoms with Crippen LogP contribution in [0.4, 0.5) is 5.82 Å². The Morgan fingerprint density at radius 2 is 2.11 bits per heavy atom. The second kappa shape index (κ2) is 6.61. The van der Waals surface area contributed by atoms with Crippen LogP contribution in [0.15, 0.2) is 29.0 Å². The Morgan fingerprint density at radius 1 is 1.26 bits per heavy atom. The van der Waals surface area contributed by atoms with E-state index >= 15 is 0 Å². The molecule has 0 aliphatic rings. The second-order valence-corrected chi connectivity index (χ2v) is 5.22. The van der Waals surface area contributed by atoms with Gasteiger partial charge in [-0.05, 0) is 40.9 Å². The number of nitrogens with one attached hydrogen (secondary N) is 1. The fraction of sp³-hybridized carbons (Fsp3) is 0.357. The highest BCUT2D eigenvalue weighted by atomic mass is 79.9. The Kier molecular flexibility index (Phi) is 4.85. The van der Waals surface area contributed by atoms with Gasteiger partial charge in [-0.1, -0.05) is 13.0 Å². The lowest BCUT2D eigenvalue weighted by Crippen LogP contribution is -2.05. The zero-order valence-electron chi connectivity index (χ0n) is 11.2. The van der Waals surface area contributed by atoms with Gasteiger partial charge < -0.3 is 5.32 Å². The van der Waals surface area contributed by atoms with Gasteiger partial charge in [-0.2, -0.15) is 0 Å². The first-order valence-corrected chi connectivity index (χ1v) is 7.15. The first kappa shape index (κ1) is 13.9. The molecule has 0 saturated heterocycles. The van der Waals surface area contributed by atoms with Crippen LogP contribution in [0.25, 0.3) is 0 Å². The van der Waals surface area contributed by atoms with Crippen molar-refractivity contribution in [1.82, 2.24) is 15.0 Å². The van der Waals surface area contributed by atoms with E-state index in [4.69, 9.17) is 0 Å². The highest BCUT2D eigenvalue weighted by Crippen LogP contribution is 2.14. The molecule has 0 aliphatic carbocycles. The minimum Gasteiger partial charge on any atom is -0.366 e. The summed E-state index contributed by atoms with van der Waals surface area (Å²) in [5.41, 5.74) is 2.16. The van der Waals surface area contributed by atoms with Crippen LogP contribution in [0.5, 0.6) is 0 Å². The molecule has 0 fully saturated rings. The van der Waals surface area contributed by atoms with Crippen LogP contribution in [0, 0.1) is 6.92 Å². The van der Waals surface area contributed by atoms with E-state index in [0.29, 0.717) is 6.54 Å². The molecule has 0 radical (unpaired) electrons. The predicted octanol–water partition coefficient (Wildman–Crippen LogP) is 3.51. The predicted molar refractivity (Wildman–Crippen MR) is 80.0 cm³/mol. The molecule has 2 aromatic heterocycles. The van der Waals surface area contributed by atoms with E-state index in [1.807, 2.05) is 25.3 Å². The number of nitrogens with zero attached hydrogens (tertiary/aromatic N) is 3. The summed E-state index contributed by atoms with van der Waals surface area (Å²) in [7, 11) is 0. The van der Waals surface area contributed by atoms with Crippen LogP contribution < -0.4 is 5.32 Å². The van der Waals surface area contributed by atoms with Gasteiger partial charge in [0.25, 0.3) is 0 Å². The van der Waals surface area contributed by atoms with Crippen molar-refractivity contribution >= 4 is 21.7 Å². The minimum atomic E-state index is 0.711. The maximum atomic E-state index is 4.48. The molecule has 0 amide bonds. The zero-order chi connectivity index (χ0) is 13.7. The van der Waals surface area contributed by atoms with E-state index in [-0.39, 0.29) is 0 Å². The summed E-state index contributed by atoms with van der Waals surface area (Å²) in [6.45, 7) is 4.81. The summed E-state index contributed by atoms with van der Waals surface area (Å²) in [4.78, 5) is 13.1. The van der Waals surface area contributed by atoms with Gasteiger partial charge >= 0.3 is 0 Å². The summed E-state index contributed by atoms with van der Waals surface area (Å²) in [6.07, 6.45) is 3.81. The third-order valence-electron chi connectivity index (χ3n) is 2.66. The first-order valence-electron chi connectivity index (χ1n) is 6.36. The van der Waals surface area contributed by atoms with Crippen molar-refractivity contribution in [2.75, 3.05) is 5.32 Å². The molecule has 19 heavy (non-hydrogen) atoms. The molecule has 0 aliphatic heterocycles. The fourth-order valence-corrected chi connectivity index (χ4v) is 2.11. The van der Waals surface area contributed by atoms with Crippen molar-refractivity contribution in [3.63, 3.8) is 0 Å². The van der Waals surface area contributed by atoms with Gasteiger partial charge in [-0.15, -0.1) is 0 Å². The van der Waals surface area contributed by atoms with Gasteiger partial charge in [0.05, 0.1) is 0 Å². The maximum Gasteiger partial charge on any atom is 0.132 e. The number of anilines is 1. The first-order chi connectivity index (χ1) is 9.17. The van der Waals surface area contributed by atoms with Gasteiger partial charge in [-0.25, -0.2) is 9.97 Å². The number of rotatable bonds is 5. The van der Waals surface area contributed by atoms with E-state index in [0.717, 1.165) is 40.3 Å². The molecule has 2 rings (SSSR count). The maximum absolute atomic E-state index is 4.48. The number of hydrogen-bond donors (Lipinski definition) is 1. The van der Waals surface area contributed by atoms with Gasteiger partial charge in [-0.3, -0.25) is 4.98 Å². The normalized spacial score (nSPS) is 10.5. The monoisotopic (exact) mass is 320 g/mol. The van der Waals surface area contributed by atoms with Crippen LogP contribution >= 0.6 is 15.9 Å². The largest absolute Gasteiger partial charge is 0.366 e. The van der Waals surface area contributed by atoms with Crippen LogP contribution in [0.3, 0.4) is 0 Å². The number of halogens is 1. The molecule has 2 aromatic rings. The third-order valence-corrected chi connectivity index (χ3v) is 3.07. The lowest BCUT2D eigenvalue weighted by molar-refractivity contribution is 0.828. The molecule has 0 aromatic carbocycles. The molecular weight excluding hydrogens is 304 g/mol. The molecule has 0 bridgehead atoms. The Morgan fingerprint density at radius 3 is 2.79 bits per heavy atom. The highest BCUT2D eigenvalue weighted by Gasteiger charge is 2.02. The van der Waals surface area contributed by atoms with Crippen LogP contribution in [-0.2, 0) is 13.0 Å². The number of aromatic nitrogens is 3. The number of aryl methyl sites for hydroxylation is 2. The highest BCUT2D eigenvalue weighted by molar-refractivity contribution is 9.10. The summed E-state index contributed by atoms with van der Waals surface area (Å²) >= 11 is 3.42. The van der Waals surface area contributed by atoms with E-state index in [9.17, 15) is 0 Å². The van der Waals surface area contributed by atoms with Gasteiger partial charge in [0.15, 0.2) is 0 Å². The van der Waals surface area contributed by atoms with E-state index in [1.165, 1.54) is 0 Å². The summed E-state index contributed by atoms with van der Waals surface area (Å²) < 4.78 is 0.815. The Balaban J connectivity index is 2.04. The molecule has 1 N–H and O–H groups in total. The lowest BCUT2D eigenvalue weighted by atomic mass is 10.2. The standard InChI is InChI=1S/C14H17BrN4/c1-3-4-13-18-12(15)7-14(19-13)17-9-11-6-5-10(2)16-8-11/h5-8H,3-4,9H2,1-2H3,(H,17,18,19). The minimum absolute atomic E-state index is 0.711. The summed E-state index contributed by atoms with van der Waals surface area (Å²) in [5, 5.41) is 3.30. The molecule has 2 heterocycles. The van der Waals surface area contributed by atoms with Crippen molar-refractivity contribution in [1.29, 1.82) is 0 Å². The third kappa shape index (κ3) is 4.28. The second-order valence-electron chi connectivity index (χ2n) is 4.40. The van der Waals surface area contributed by atoms with Crippen LogP contribution in [-0.4, -0.2) is 15.0 Å². The number of hydrogen-bond acceptors (Lipinski definition) is 4. The van der Waals surface area contributed by atoms with Crippen molar-refractivity contribution in [2.45, 2.75) is 33.2 Å². The molecule has 0 spiro atoms. The van der Waals surface area contributed by atoms with E-state index in [2.05, 4.69) is 49.2 Å². The Bertz CT molecular complexity index is 540. The van der Waals surface area contributed by atoms with Crippen LogP contribution in [0.1, 0.15) is 30.4 Å². The molecular formula is C14H17BrN4. The molecule has 4 nitrogen and oxygen atoms in total. The van der Waals surface area contributed by atoms with Crippen molar-refractivity contribution in [2.24, 2.45) is 0 Å².